The summed E-state index contributed by atoms with van der Waals surface area (Å²) in [6.45, 7) is 6.69. The molecular weight excluding hydrogens is 216 g/mol. The molecule has 1 unspecified atom stereocenters. The van der Waals surface area contributed by atoms with Crippen LogP contribution >= 0.6 is 0 Å². The van der Waals surface area contributed by atoms with Crippen molar-refractivity contribution in [3.8, 4) is 0 Å². The third-order valence-electron chi connectivity index (χ3n) is 3.62. The van der Waals surface area contributed by atoms with Crippen LogP contribution in [0.25, 0.3) is 0 Å². The van der Waals surface area contributed by atoms with Gasteiger partial charge in [0, 0.05) is 0 Å². The fraction of sp³-hybridized carbons (Fsp3) is 0.846. The zero-order chi connectivity index (χ0) is 12.9. The highest BCUT2D eigenvalue weighted by Gasteiger charge is 2.37. The van der Waals surface area contributed by atoms with E-state index in [2.05, 4.69) is 30.8 Å². The van der Waals surface area contributed by atoms with E-state index in [1.54, 1.807) is 0 Å². The number of hydrogen-bond donors (Lipinski definition) is 0. The van der Waals surface area contributed by atoms with Crippen LogP contribution in [0, 0.1) is 10.8 Å². The summed E-state index contributed by atoms with van der Waals surface area (Å²) in [5, 5.41) is 0. The summed E-state index contributed by atoms with van der Waals surface area (Å²) in [5.74, 6) is 0. The van der Waals surface area contributed by atoms with Gasteiger partial charge in [0.05, 0.1) is 0 Å². The number of nitrogens with zero attached hydrogens (tertiary/aromatic N) is 2. The predicted molar refractivity (Wildman–Crippen MR) is 65.0 cm³/mol. The number of aliphatic imine (C=N–C) groups is 2. The van der Waals surface area contributed by atoms with Crippen LogP contribution in [0.1, 0.15) is 52.9 Å². The van der Waals surface area contributed by atoms with E-state index in [1.807, 2.05) is 0 Å². The standard InChI is InChI=1S/C13H20N2O2/c1-12(2)5-4-6-13(3,8-12)7-11(14-9-16)15-10-17/h11H,4-8H2,1-3H3. The van der Waals surface area contributed by atoms with Crippen LogP contribution in [-0.4, -0.2) is 18.3 Å². The van der Waals surface area contributed by atoms with E-state index in [4.69, 9.17) is 0 Å². The van der Waals surface area contributed by atoms with E-state index < -0.39 is 6.17 Å². The summed E-state index contributed by atoms with van der Waals surface area (Å²) in [6, 6.07) is 0. The SMILES string of the molecule is CC1(C)CCCC(C)(CC(N=C=O)N=C=O)C1. The Labute approximate surface area is 102 Å². The average Bonchev–Trinajstić information content (AvgIpc) is 2.15. The second-order valence-electron chi connectivity index (χ2n) is 6.13. The maximum Gasteiger partial charge on any atom is 0.237 e. The maximum absolute atomic E-state index is 10.3. The van der Waals surface area contributed by atoms with Crippen molar-refractivity contribution in [3.63, 3.8) is 0 Å². The Balaban J connectivity index is 2.76. The Kier molecular flexibility index (Phi) is 4.39. The molecule has 1 rings (SSSR count). The Morgan fingerprint density at radius 3 is 2.18 bits per heavy atom. The molecule has 0 saturated heterocycles. The summed E-state index contributed by atoms with van der Waals surface area (Å²) in [5.41, 5.74) is 0.403. The molecular formula is C13H20N2O2. The Bertz CT molecular complexity index is 348. The van der Waals surface area contributed by atoms with E-state index in [1.165, 1.54) is 25.0 Å². The highest BCUT2D eigenvalue weighted by Crippen LogP contribution is 2.48. The first-order chi connectivity index (χ1) is 7.91. The molecule has 1 aliphatic rings. The van der Waals surface area contributed by atoms with Gasteiger partial charge < -0.3 is 0 Å². The van der Waals surface area contributed by atoms with Gasteiger partial charge in [-0.1, -0.05) is 27.2 Å². The van der Waals surface area contributed by atoms with Gasteiger partial charge in [0.25, 0.3) is 0 Å². The second-order valence-corrected chi connectivity index (χ2v) is 6.13. The highest BCUT2D eigenvalue weighted by atomic mass is 16.1. The number of carbonyl (C=O) groups excluding carboxylic acids is 2. The van der Waals surface area contributed by atoms with Crippen LogP contribution in [0.3, 0.4) is 0 Å². The van der Waals surface area contributed by atoms with Crippen molar-refractivity contribution in [1.29, 1.82) is 0 Å². The van der Waals surface area contributed by atoms with Gasteiger partial charge in [0.15, 0.2) is 6.17 Å². The molecule has 0 heterocycles. The number of rotatable bonds is 4. The topological polar surface area (TPSA) is 58.9 Å². The molecule has 1 fully saturated rings. The summed E-state index contributed by atoms with van der Waals surface area (Å²) in [6.07, 6.45) is 7.54. The zero-order valence-corrected chi connectivity index (χ0v) is 10.8. The molecule has 0 bridgehead atoms. The van der Waals surface area contributed by atoms with Crippen molar-refractivity contribution in [1.82, 2.24) is 0 Å². The lowest BCUT2D eigenvalue weighted by atomic mass is 9.63. The minimum absolute atomic E-state index is 0.0904. The van der Waals surface area contributed by atoms with Gasteiger partial charge in [-0.2, -0.15) is 9.98 Å². The van der Waals surface area contributed by atoms with Crippen LogP contribution in [0.15, 0.2) is 9.98 Å². The summed E-state index contributed by atoms with van der Waals surface area (Å²) >= 11 is 0. The molecule has 0 amide bonds. The third kappa shape index (κ3) is 4.26. The Morgan fingerprint density at radius 2 is 1.71 bits per heavy atom. The lowest BCUT2D eigenvalue weighted by Crippen LogP contribution is -2.33. The first-order valence-electron chi connectivity index (χ1n) is 6.05. The lowest BCUT2D eigenvalue weighted by Gasteiger charge is -2.43. The number of isocyanates is 2. The Hall–Kier alpha value is -1.24. The molecule has 17 heavy (non-hydrogen) atoms. The van der Waals surface area contributed by atoms with Crippen LogP contribution in [0.4, 0.5) is 0 Å². The van der Waals surface area contributed by atoms with E-state index in [0.29, 0.717) is 11.8 Å². The molecule has 0 spiro atoms. The summed E-state index contributed by atoms with van der Waals surface area (Å²) in [7, 11) is 0. The van der Waals surface area contributed by atoms with Crippen LogP contribution in [-0.2, 0) is 9.59 Å². The molecule has 0 N–H and O–H groups in total. The molecule has 4 nitrogen and oxygen atoms in total. The first kappa shape index (κ1) is 13.8. The third-order valence-corrected chi connectivity index (χ3v) is 3.62. The van der Waals surface area contributed by atoms with Gasteiger partial charge in [-0.3, -0.25) is 0 Å². The van der Waals surface area contributed by atoms with Crippen molar-refractivity contribution in [2.75, 3.05) is 0 Å². The fourth-order valence-electron chi connectivity index (χ4n) is 3.18. The largest absolute Gasteiger partial charge is 0.237 e. The van der Waals surface area contributed by atoms with Gasteiger partial charge in [-0.25, -0.2) is 9.59 Å². The van der Waals surface area contributed by atoms with Crippen LogP contribution in [0.5, 0.6) is 0 Å². The molecule has 1 saturated carbocycles. The molecule has 0 radical (unpaired) electrons. The van der Waals surface area contributed by atoms with Gasteiger partial charge >= 0.3 is 0 Å². The molecule has 0 aromatic carbocycles. The molecule has 0 aromatic heterocycles. The van der Waals surface area contributed by atoms with Crippen molar-refractivity contribution in [2.45, 2.75) is 59.0 Å². The second kappa shape index (κ2) is 5.39. The van der Waals surface area contributed by atoms with E-state index >= 15 is 0 Å². The van der Waals surface area contributed by atoms with E-state index in [9.17, 15) is 9.59 Å². The van der Waals surface area contributed by atoms with Crippen molar-refractivity contribution in [2.24, 2.45) is 20.8 Å². The molecule has 94 valence electrons. The minimum Gasteiger partial charge on any atom is -0.211 e. The highest BCUT2D eigenvalue weighted by molar-refractivity contribution is 5.37. The van der Waals surface area contributed by atoms with Gasteiger partial charge in [0.1, 0.15) is 0 Å². The molecule has 4 heteroatoms. The molecule has 0 aromatic rings. The monoisotopic (exact) mass is 236 g/mol. The van der Waals surface area contributed by atoms with Gasteiger partial charge in [-0.15, -0.1) is 0 Å². The first-order valence-corrected chi connectivity index (χ1v) is 6.05. The van der Waals surface area contributed by atoms with Crippen LogP contribution in [0.2, 0.25) is 0 Å². The summed E-state index contributed by atoms with van der Waals surface area (Å²) < 4.78 is 0. The predicted octanol–water partition coefficient (Wildman–Crippen LogP) is 2.98. The molecule has 1 aliphatic carbocycles. The smallest absolute Gasteiger partial charge is 0.211 e. The van der Waals surface area contributed by atoms with E-state index in [0.717, 1.165) is 12.8 Å². The normalized spacial score (nSPS) is 28.6. The molecule has 1 atom stereocenters. The average molecular weight is 236 g/mol. The van der Waals surface area contributed by atoms with E-state index in [-0.39, 0.29) is 5.41 Å². The maximum atomic E-state index is 10.3. The fourth-order valence-corrected chi connectivity index (χ4v) is 3.18. The van der Waals surface area contributed by atoms with Crippen molar-refractivity contribution >= 4 is 12.2 Å². The van der Waals surface area contributed by atoms with Gasteiger partial charge in [0.2, 0.25) is 12.2 Å². The molecule has 0 aliphatic heterocycles. The Morgan fingerprint density at radius 1 is 1.12 bits per heavy atom. The zero-order valence-electron chi connectivity index (χ0n) is 10.8. The number of hydrogen-bond acceptors (Lipinski definition) is 4. The summed E-state index contributed by atoms with van der Waals surface area (Å²) in [4.78, 5) is 27.7. The van der Waals surface area contributed by atoms with Crippen molar-refractivity contribution in [3.05, 3.63) is 0 Å². The minimum atomic E-state index is -0.608. The van der Waals surface area contributed by atoms with Gasteiger partial charge in [-0.05, 0) is 36.5 Å². The lowest BCUT2D eigenvalue weighted by molar-refractivity contribution is 0.0855. The quantitative estimate of drug-likeness (QED) is 0.556. The van der Waals surface area contributed by atoms with Crippen molar-refractivity contribution < 1.29 is 9.59 Å². The van der Waals surface area contributed by atoms with Crippen LogP contribution < -0.4 is 0 Å².